The highest BCUT2D eigenvalue weighted by Gasteiger charge is 2.30. The van der Waals surface area contributed by atoms with Crippen molar-refractivity contribution in [2.75, 3.05) is 37.6 Å². The molecule has 1 aliphatic rings. The molecule has 10 nitrogen and oxygen atoms in total. The van der Waals surface area contributed by atoms with Gasteiger partial charge in [-0.15, -0.1) is 0 Å². The standard InChI is InChI=1S/C32H39N3O7S/c1-4-17-33-32(37)28(20-24-10-6-5-7-11-24)34(22-25-12-8-13-27(19-25)40-2)31(36)14-9-18-35(43(3,38)39)26-15-16-29-30(21-26)42-23-41-29/h5-8,10-13,15-16,19,21,28H,4,9,14,17-18,20,22-23H2,1-3H3,(H,33,37)/t28-/m1/s1. The van der Waals surface area contributed by atoms with Crippen molar-refractivity contribution in [1.29, 1.82) is 0 Å². The molecule has 1 atom stereocenters. The predicted molar refractivity (Wildman–Crippen MR) is 165 cm³/mol. The molecule has 4 rings (SSSR count). The van der Waals surface area contributed by atoms with Crippen molar-refractivity contribution in [3.63, 3.8) is 0 Å². The Labute approximate surface area is 253 Å². The third-order valence-electron chi connectivity index (χ3n) is 7.10. The number of anilines is 1. The summed E-state index contributed by atoms with van der Waals surface area (Å²) < 4.78 is 42.9. The number of carbonyl (C=O) groups is 2. The van der Waals surface area contributed by atoms with Crippen LogP contribution in [0.5, 0.6) is 17.2 Å². The second kappa shape index (κ2) is 14.8. The molecule has 2 amide bonds. The fraction of sp³-hybridized carbons (Fsp3) is 0.375. The van der Waals surface area contributed by atoms with Gasteiger partial charge in [-0.2, -0.15) is 0 Å². The highest BCUT2D eigenvalue weighted by Crippen LogP contribution is 2.36. The molecule has 11 heteroatoms. The van der Waals surface area contributed by atoms with E-state index in [1.165, 1.54) is 4.31 Å². The summed E-state index contributed by atoms with van der Waals surface area (Å²) in [5.41, 5.74) is 2.16. The molecule has 1 heterocycles. The number of carbonyl (C=O) groups excluding carboxylic acids is 2. The molecule has 0 saturated carbocycles. The zero-order chi connectivity index (χ0) is 30.8. The minimum Gasteiger partial charge on any atom is -0.497 e. The largest absolute Gasteiger partial charge is 0.497 e. The molecule has 1 N–H and O–H groups in total. The smallest absolute Gasteiger partial charge is 0.243 e. The number of methoxy groups -OCH3 is 1. The van der Waals surface area contributed by atoms with Crippen molar-refractivity contribution >= 4 is 27.5 Å². The molecule has 0 saturated heterocycles. The van der Waals surface area contributed by atoms with Crippen LogP contribution in [0.25, 0.3) is 0 Å². The van der Waals surface area contributed by atoms with Gasteiger partial charge in [0.1, 0.15) is 11.8 Å². The first-order valence-electron chi connectivity index (χ1n) is 14.3. The minimum absolute atomic E-state index is 0.0346. The highest BCUT2D eigenvalue weighted by molar-refractivity contribution is 7.92. The number of nitrogens with one attached hydrogen (secondary N) is 1. The molecule has 0 unspecified atom stereocenters. The molecule has 3 aromatic rings. The third kappa shape index (κ3) is 8.63. The second-order valence-corrected chi connectivity index (χ2v) is 12.3. The molecule has 3 aromatic carbocycles. The van der Waals surface area contributed by atoms with E-state index in [1.807, 2.05) is 61.5 Å². The van der Waals surface area contributed by atoms with E-state index >= 15 is 0 Å². The Hall–Kier alpha value is -4.25. The molecule has 0 radical (unpaired) electrons. The van der Waals surface area contributed by atoms with Crippen LogP contribution < -0.4 is 23.8 Å². The molecule has 0 bridgehead atoms. The maximum absolute atomic E-state index is 13.9. The molecule has 0 spiro atoms. The maximum atomic E-state index is 13.9. The Bertz CT molecular complexity index is 1500. The van der Waals surface area contributed by atoms with Gasteiger partial charge in [-0.3, -0.25) is 13.9 Å². The average Bonchev–Trinajstić information content (AvgIpc) is 3.48. The van der Waals surface area contributed by atoms with E-state index in [-0.39, 0.29) is 44.5 Å². The Morgan fingerprint density at radius 2 is 1.72 bits per heavy atom. The SMILES string of the molecule is CCCNC(=O)[C@@H](Cc1ccccc1)N(Cc1cccc(OC)c1)C(=O)CCCN(c1ccc2c(c1)OCO2)S(C)(=O)=O. The Balaban J connectivity index is 1.58. The topological polar surface area (TPSA) is 114 Å². The molecular weight excluding hydrogens is 570 g/mol. The van der Waals surface area contributed by atoms with Gasteiger partial charge in [-0.25, -0.2) is 8.42 Å². The van der Waals surface area contributed by atoms with Crippen LogP contribution in [-0.4, -0.2) is 64.4 Å². The Kier molecular flexibility index (Phi) is 10.9. The van der Waals surface area contributed by atoms with Crippen molar-refractivity contribution in [2.45, 2.75) is 45.2 Å². The van der Waals surface area contributed by atoms with Crippen LogP contribution in [0.2, 0.25) is 0 Å². The number of hydrogen-bond acceptors (Lipinski definition) is 7. The molecule has 0 aliphatic carbocycles. The first kappa shape index (κ1) is 31.7. The summed E-state index contributed by atoms with van der Waals surface area (Å²) in [7, 11) is -2.08. The number of hydrogen-bond donors (Lipinski definition) is 1. The predicted octanol–water partition coefficient (Wildman–Crippen LogP) is 4.14. The van der Waals surface area contributed by atoms with Crippen molar-refractivity contribution < 1.29 is 32.2 Å². The Morgan fingerprint density at radius 3 is 2.44 bits per heavy atom. The van der Waals surface area contributed by atoms with Gasteiger partial charge in [0.15, 0.2) is 11.5 Å². The molecular formula is C32H39N3O7S. The lowest BCUT2D eigenvalue weighted by Gasteiger charge is -2.32. The van der Waals surface area contributed by atoms with E-state index in [0.717, 1.165) is 23.8 Å². The highest BCUT2D eigenvalue weighted by atomic mass is 32.2. The number of benzene rings is 3. The summed E-state index contributed by atoms with van der Waals surface area (Å²) in [6.07, 6.45) is 2.49. The Morgan fingerprint density at radius 1 is 0.977 bits per heavy atom. The second-order valence-electron chi connectivity index (χ2n) is 10.3. The van der Waals surface area contributed by atoms with Gasteiger partial charge in [-0.1, -0.05) is 49.4 Å². The first-order valence-corrected chi connectivity index (χ1v) is 16.2. The first-order chi connectivity index (χ1) is 20.7. The minimum atomic E-state index is -3.66. The van der Waals surface area contributed by atoms with Gasteiger partial charge in [0.2, 0.25) is 28.6 Å². The maximum Gasteiger partial charge on any atom is 0.243 e. The molecule has 43 heavy (non-hydrogen) atoms. The van der Waals surface area contributed by atoms with Crippen molar-refractivity contribution in [3.8, 4) is 17.2 Å². The van der Waals surface area contributed by atoms with Gasteiger partial charge in [0.05, 0.1) is 19.1 Å². The summed E-state index contributed by atoms with van der Waals surface area (Å²) in [6, 6.07) is 21.1. The number of nitrogens with zero attached hydrogens (tertiary/aromatic N) is 2. The lowest BCUT2D eigenvalue weighted by Crippen LogP contribution is -2.50. The van der Waals surface area contributed by atoms with E-state index in [9.17, 15) is 18.0 Å². The van der Waals surface area contributed by atoms with E-state index in [0.29, 0.717) is 35.9 Å². The number of rotatable bonds is 15. The van der Waals surface area contributed by atoms with E-state index in [1.54, 1.807) is 30.2 Å². The average molecular weight is 610 g/mol. The van der Waals surface area contributed by atoms with Crippen molar-refractivity contribution in [3.05, 3.63) is 83.9 Å². The summed E-state index contributed by atoms with van der Waals surface area (Å²) in [5, 5.41) is 2.97. The van der Waals surface area contributed by atoms with Gasteiger partial charge >= 0.3 is 0 Å². The number of amides is 2. The van der Waals surface area contributed by atoms with Crippen LogP contribution in [0, 0.1) is 0 Å². The fourth-order valence-electron chi connectivity index (χ4n) is 4.93. The third-order valence-corrected chi connectivity index (χ3v) is 8.30. The van der Waals surface area contributed by atoms with E-state index < -0.39 is 16.1 Å². The molecule has 0 fully saturated rings. The lowest BCUT2D eigenvalue weighted by atomic mass is 10.0. The zero-order valence-corrected chi connectivity index (χ0v) is 25.6. The number of sulfonamides is 1. The van der Waals surface area contributed by atoms with Crippen LogP contribution in [-0.2, 0) is 32.6 Å². The van der Waals surface area contributed by atoms with E-state index in [4.69, 9.17) is 14.2 Å². The van der Waals surface area contributed by atoms with Crippen LogP contribution in [0.1, 0.15) is 37.3 Å². The van der Waals surface area contributed by atoms with Gasteiger partial charge in [-0.05, 0) is 48.2 Å². The molecule has 1 aliphatic heterocycles. The quantitative estimate of drug-likeness (QED) is 0.276. The van der Waals surface area contributed by atoms with Crippen molar-refractivity contribution in [1.82, 2.24) is 10.2 Å². The number of fused-ring (bicyclic) bond motifs is 1. The van der Waals surface area contributed by atoms with Crippen LogP contribution in [0.3, 0.4) is 0 Å². The summed E-state index contributed by atoms with van der Waals surface area (Å²) >= 11 is 0. The molecule has 230 valence electrons. The monoisotopic (exact) mass is 609 g/mol. The lowest BCUT2D eigenvalue weighted by molar-refractivity contribution is -0.141. The van der Waals surface area contributed by atoms with Crippen LogP contribution in [0.15, 0.2) is 72.8 Å². The number of ether oxygens (including phenoxy) is 3. The fourth-order valence-corrected chi connectivity index (χ4v) is 5.89. The summed E-state index contributed by atoms with van der Waals surface area (Å²) in [6.45, 7) is 2.79. The summed E-state index contributed by atoms with van der Waals surface area (Å²) in [5.74, 6) is 1.17. The van der Waals surface area contributed by atoms with Gasteiger partial charge < -0.3 is 24.4 Å². The summed E-state index contributed by atoms with van der Waals surface area (Å²) in [4.78, 5) is 29.1. The van der Waals surface area contributed by atoms with Gasteiger partial charge in [0, 0.05) is 38.5 Å². The normalized spacial score (nSPS) is 12.8. The molecule has 0 aromatic heterocycles. The van der Waals surface area contributed by atoms with Gasteiger partial charge in [0.25, 0.3) is 0 Å². The van der Waals surface area contributed by atoms with Crippen LogP contribution >= 0.6 is 0 Å². The zero-order valence-electron chi connectivity index (χ0n) is 24.8. The van der Waals surface area contributed by atoms with E-state index in [2.05, 4.69) is 5.32 Å². The van der Waals surface area contributed by atoms with Crippen molar-refractivity contribution in [2.24, 2.45) is 0 Å². The van der Waals surface area contributed by atoms with Crippen LogP contribution in [0.4, 0.5) is 5.69 Å².